The van der Waals surface area contributed by atoms with Gasteiger partial charge in [-0.25, -0.2) is 8.42 Å². The van der Waals surface area contributed by atoms with Gasteiger partial charge < -0.3 is 5.73 Å². The van der Waals surface area contributed by atoms with Gasteiger partial charge in [0.05, 0.1) is 10.5 Å². The third-order valence-electron chi connectivity index (χ3n) is 3.89. The number of nitrogens with zero attached hydrogens (tertiary/aromatic N) is 1. The topological polar surface area (TPSA) is 63.4 Å². The third-order valence-corrected chi connectivity index (χ3v) is 5.83. The second-order valence-electron chi connectivity index (χ2n) is 5.56. The summed E-state index contributed by atoms with van der Waals surface area (Å²) in [6.07, 6.45) is -2.20. The third kappa shape index (κ3) is 4.37. The van der Waals surface area contributed by atoms with E-state index in [1.54, 1.807) is 6.92 Å². The number of sulfonamides is 1. The van der Waals surface area contributed by atoms with Crippen LogP contribution in [0.4, 0.5) is 13.2 Å². The van der Waals surface area contributed by atoms with Gasteiger partial charge in [0.15, 0.2) is 0 Å². The molecule has 2 atom stereocenters. The smallest absolute Gasteiger partial charge is 0.326 e. The zero-order valence-electron chi connectivity index (χ0n) is 12.6. The maximum absolute atomic E-state index is 12.7. The molecule has 1 saturated heterocycles. The van der Waals surface area contributed by atoms with Crippen molar-refractivity contribution in [1.82, 2.24) is 4.31 Å². The summed E-state index contributed by atoms with van der Waals surface area (Å²) in [5, 5.41) is 0. The first-order valence-corrected chi connectivity index (χ1v) is 8.53. The molecule has 2 rings (SSSR count). The minimum absolute atomic E-state index is 0. The van der Waals surface area contributed by atoms with Crippen LogP contribution in [0.1, 0.15) is 31.7 Å². The van der Waals surface area contributed by atoms with E-state index in [9.17, 15) is 21.6 Å². The fraction of sp³-hybridized carbons (Fsp3) is 0.571. The average Bonchev–Trinajstić information content (AvgIpc) is 2.46. The minimum atomic E-state index is -4.48. The summed E-state index contributed by atoms with van der Waals surface area (Å²) in [6, 6.07) is 2.94. The molecule has 1 heterocycles. The highest BCUT2D eigenvalue weighted by Crippen LogP contribution is 2.31. The molecule has 1 aromatic rings. The molecule has 4 nitrogen and oxygen atoms in total. The Morgan fingerprint density at radius 3 is 2.26 bits per heavy atom. The summed E-state index contributed by atoms with van der Waals surface area (Å²) in [4.78, 5) is -0.131. The van der Waals surface area contributed by atoms with Crippen molar-refractivity contribution in [3.63, 3.8) is 0 Å². The van der Waals surface area contributed by atoms with Crippen LogP contribution < -0.4 is 5.73 Å². The van der Waals surface area contributed by atoms with Gasteiger partial charge >= 0.3 is 6.18 Å². The Hall–Kier alpha value is -0.830. The van der Waals surface area contributed by atoms with Gasteiger partial charge in [0.2, 0.25) is 10.0 Å². The Morgan fingerprint density at radius 1 is 1.22 bits per heavy atom. The van der Waals surface area contributed by atoms with Crippen LogP contribution in [0.3, 0.4) is 0 Å². The summed E-state index contributed by atoms with van der Waals surface area (Å²) >= 11 is 0. The number of benzene rings is 1. The van der Waals surface area contributed by atoms with Gasteiger partial charge in [0.25, 0.3) is 0 Å². The van der Waals surface area contributed by atoms with Crippen molar-refractivity contribution >= 4 is 22.4 Å². The highest BCUT2D eigenvalue weighted by atomic mass is 35.5. The SMILES string of the molecule is CC(N)C1CCCCN1S(=O)(=O)c1ccc(C(F)(F)F)cc1.Cl. The molecular formula is C14H20ClF3N2O2S. The van der Waals surface area contributed by atoms with Gasteiger partial charge in [-0.1, -0.05) is 6.42 Å². The van der Waals surface area contributed by atoms with Crippen LogP contribution in [-0.4, -0.2) is 31.4 Å². The predicted molar refractivity (Wildman–Crippen MR) is 83.9 cm³/mol. The second kappa shape index (κ2) is 7.38. The monoisotopic (exact) mass is 372 g/mol. The Kier molecular flexibility index (Phi) is 6.48. The molecule has 1 fully saturated rings. The number of hydrogen-bond acceptors (Lipinski definition) is 3. The highest BCUT2D eigenvalue weighted by molar-refractivity contribution is 7.89. The number of nitrogens with two attached hydrogens (primary N) is 1. The molecule has 132 valence electrons. The molecule has 1 aromatic carbocycles. The molecule has 0 saturated carbocycles. The van der Waals surface area contributed by atoms with Crippen molar-refractivity contribution in [2.24, 2.45) is 5.73 Å². The predicted octanol–water partition coefficient (Wildman–Crippen LogP) is 3.02. The van der Waals surface area contributed by atoms with E-state index in [-0.39, 0.29) is 29.4 Å². The lowest BCUT2D eigenvalue weighted by atomic mass is 10.00. The number of piperidine rings is 1. The number of rotatable bonds is 3. The quantitative estimate of drug-likeness (QED) is 0.887. The van der Waals surface area contributed by atoms with E-state index < -0.39 is 21.8 Å². The minimum Gasteiger partial charge on any atom is -0.326 e. The first kappa shape index (κ1) is 20.2. The first-order chi connectivity index (χ1) is 10.1. The van der Waals surface area contributed by atoms with E-state index in [0.717, 1.165) is 37.1 Å². The molecule has 0 radical (unpaired) electrons. The molecule has 0 bridgehead atoms. The summed E-state index contributed by atoms with van der Waals surface area (Å²) in [7, 11) is -3.83. The van der Waals surface area contributed by atoms with Crippen LogP contribution >= 0.6 is 12.4 Å². The summed E-state index contributed by atoms with van der Waals surface area (Å²) in [5.41, 5.74) is 4.99. The van der Waals surface area contributed by atoms with Crippen LogP contribution in [0.2, 0.25) is 0 Å². The van der Waals surface area contributed by atoms with Crippen molar-refractivity contribution in [2.45, 2.75) is 49.3 Å². The highest BCUT2D eigenvalue weighted by Gasteiger charge is 2.36. The second-order valence-corrected chi connectivity index (χ2v) is 7.45. The Morgan fingerprint density at radius 2 is 1.78 bits per heavy atom. The van der Waals surface area contributed by atoms with Gasteiger partial charge in [-0.05, 0) is 44.0 Å². The molecule has 9 heteroatoms. The van der Waals surface area contributed by atoms with Crippen molar-refractivity contribution in [3.05, 3.63) is 29.8 Å². The average molecular weight is 373 g/mol. The van der Waals surface area contributed by atoms with Crippen molar-refractivity contribution < 1.29 is 21.6 Å². The van der Waals surface area contributed by atoms with Crippen LogP contribution in [0.15, 0.2) is 29.2 Å². The summed E-state index contributed by atoms with van der Waals surface area (Å²) in [6.45, 7) is 2.08. The van der Waals surface area contributed by atoms with E-state index in [1.165, 1.54) is 4.31 Å². The normalized spacial score (nSPS) is 21.5. The zero-order valence-corrected chi connectivity index (χ0v) is 14.2. The maximum atomic E-state index is 12.7. The molecule has 23 heavy (non-hydrogen) atoms. The Labute approximate surface area is 140 Å². The largest absolute Gasteiger partial charge is 0.416 e. The first-order valence-electron chi connectivity index (χ1n) is 7.09. The summed E-state index contributed by atoms with van der Waals surface area (Å²) in [5.74, 6) is 0. The molecule has 0 spiro atoms. The lowest BCUT2D eigenvalue weighted by Crippen LogP contribution is -2.51. The molecule has 0 amide bonds. The van der Waals surface area contributed by atoms with Gasteiger partial charge in [0, 0.05) is 18.6 Å². The van der Waals surface area contributed by atoms with Gasteiger partial charge in [-0.3, -0.25) is 0 Å². The van der Waals surface area contributed by atoms with E-state index in [1.807, 2.05) is 0 Å². The molecule has 1 aliphatic rings. The van der Waals surface area contributed by atoms with Crippen LogP contribution in [0.25, 0.3) is 0 Å². The lowest BCUT2D eigenvalue weighted by Gasteiger charge is -2.36. The Bertz CT molecular complexity index is 618. The van der Waals surface area contributed by atoms with Gasteiger partial charge in [-0.2, -0.15) is 17.5 Å². The molecular weight excluding hydrogens is 353 g/mol. The molecule has 2 unspecified atom stereocenters. The van der Waals surface area contributed by atoms with Crippen LogP contribution in [0.5, 0.6) is 0 Å². The summed E-state index contributed by atoms with van der Waals surface area (Å²) < 4.78 is 64.3. The number of halogens is 4. The van der Waals surface area contributed by atoms with Crippen LogP contribution in [-0.2, 0) is 16.2 Å². The van der Waals surface area contributed by atoms with Gasteiger partial charge in [-0.15, -0.1) is 12.4 Å². The fourth-order valence-electron chi connectivity index (χ4n) is 2.71. The Balaban J connectivity index is 0.00000264. The van der Waals surface area contributed by atoms with Crippen molar-refractivity contribution in [1.29, 1.82) is 0 Å². The molecule has 0 aliphatic carbocycles. The van der Waals surface area contributed by atoms with Crippen LogP contribution in [0, 0.1) is 0 Å². The molecule has 2 N–H and O–H groups in total. The van der Waals surface area contributed by atoms with Crippen molar-refractivity contribution in [2.75, 3.05) is 6.54 Å². The van der Waals surface area contributed by atoms with E-state index in [0.29, 0.717) is 13.0 Å². The molecule has 1 aliphatic heterocycles. The van der Waals surface area contributed by atoms with E-state index in [4.69, 9.17) is 5.73 Å². The standard InChI is InChI=1S/C14H19F3N2O2S.ClH/c1-10(18)13-4-2-3-9-19(13)22(20,21)12-7-5-11(6-8-12)14(15,16)17;/h5-8,10,13H,2-4,9,18H2,1H3;1H. The lowest BCUT2D eigenvalue weighted by molar-refractivity contribution is -0.137. The van der Waals surface area contributed by atoms with Crippen molar-refractivity contribution in [3.8, 4) is 0 Å². The number of hydrogen-bond donors (Lipinski definition) is 1. The zero-order chi connectivity index (χ0) is 16.5. The maximum Gasteiger partial charge on any atom is 0.416 e. The van der Waals surface area contributed by atoms with E-state index in [2.05, 4.69) is 0 Å². The van der Waals surface area contributed by atoms with E-state index >= 15 is 0 Å². The fourth-order valence-corrected chi connectivity index (χ4v) is 4.48. The van der Waals surface area contributed by atoms with Gasteiger partial charge in [0.1, 0.15) is 0 Å². The molecule has 0 aromatic heterocycles. The number of alkyl halides is 3.